The Labute approximate surface area is 133 Å². The lowest BCUT2D eigenvalue weighted by Crippen LogP contribution is -2.47. The molecule has 1 aromatic rings. The summed E-state index contributed by atoms with van der Waals surface area (Å²) in [7, 11) is 0. The fourth-order valence-corrected chi connectivity index (χ4v) is 2.79. The summed E-state index contributed by atoms with van der Waals surface area (Å²) in [4.78, 5) is 13.2. The number of amides is 1. The van der Waals surface area contributed by atoms with Gasteiger partial charge in [0.1, 0.15) is 18.5 Å². The summed E-state index contributed by atoms with van der Waals surface area (Å²) in [5.41, 5.74) is 1.27. The van der Waals surface area contributed by atoms with E-state index >= 15 is 0 Å². The van der Waals surface area contributed by atoms with Crippen LogP contribution in [0.25, 0.3) is 0 Å². The van der Waals surface area contributed by atoms with E-state index in [1.165, 1.54) is 11.8 Å². The van der Waals surface area contributed by atoms with Gasteiger partial charge in [-0.05, 0) is 26.3 Å². The van der Waals surface area contributed by atoms with E-state index in [1.54, 1.807) is 13.8 Å². The molecule has 22 heavy (non-hydrogen) atoms. The Morgan fingerprint density at radius 3 is 2.23 bits per heavy atom. The average molecular weight is 329 g/mol. The molecular formula is C15H20FNO4S. The smallest absolute Gasteiger partial charge is 0.335 e. The van der Waals surface area contributed by atoms with Gasteiger partial charge < -0.3 is 9.64 Å². The van der Waals surface area contributed by atoms with Gasteiger partial charge in [0.2, 0.25) is 5.91 Å². The van der Waals surface area contributed by atoms with Crippen LogP contribution in [0.1, 0.15) is 38.0 Å². The van der Waals surface area contributed by atoms with Gasteiger partial charge in [0.05, 0.1) is 6.04 Å². The zero-order chi connectivity index (χ0) is 16.9. The molecule has 0 bridgehead atoms. The largest absolute Gasteiger partial charge is 0.346 e. The predicted molar refractivity (Wildman–Crippen MR) is 80.3 cm³/mol. The van der Waals surface area contributed by atoms with Crippen molar-refractivity contribution in [2.45, 2.75) is 45.6 Å². The van der Waals surface area contributed by atoms with Crippen molar-refractivity contribution in [2.75, 3.05) is 6.67 Å². The second-order valence-electron chi connectivity index (χ2n) is 5.57. The monoisotopic (exact) mass is 329 g/mol. The number of carbonyl (C=O) groups is 1. The maximum absolute atomic E-state index is 13.4. The molecule has 0 radical (unpaired) electrons. The molecule has 0 aromatic heterocycles. The normalized spacial score (nSPS) is 22.7. The highest BCUT2D eigenvalue weighted by atomic mass is 32.1. The van der Waals surface area contributed by atoms with Crippen LogP contribution in [0.5, 0.6) is 0 Å². The molecule has 1 heterocycles. The molecule has 0 saturated carbocycles. The van der Waals surface area contributed by atoms with Gasteiger partial charge in [-0.3, -0.25) is 4.79 Å². The van der Waals surface area contributed by atoms with Crippen molar-refractivity contribution < 1.29 is 22.3 Å². The van der Waals surface area contributed by atoms with Crippen molar-refractivity contribution in [1.82, 2.24) is 4.90 Å². The van der Waals surface area contributed by atoms with Gasteiger partial charge in [0.15, 0.2) is 0 Å². The van der Waals surface area contributed by atoms with Crippen LogP contribution in [-0.2, 0) is 21.1 Å². The fraction of sp³-hybridized carbons (Fsp3) is 0.533. The van der Waals surface area contributed by atoms with Gasteiger partial charge in [0.25, 0.3) is 0 Å². The molecule has 0 aliphatic carbocycles. The highest BCUT2D eigenvalue weighted by Gasteiger charge is 2.49. The number of nitrogens with zero attached hydrogens (tertiary/aromatic N) is 1. The molecule has 122 valence electrons. The van der Waals surface area contributed by atoms with Crippen LogP contribution in [0.15, 0.2) is 24.3 Å². The number of ether oxygens (including phenoxy) is 1. The standard InChI is InChI=1S/C15H20FNO2.O2S/c1-10-5-7-12(8-6-10)14-13(9-16)17(11(2)18)15(3,4)19-14;1-3-2/h5-8,13-14H,9H2,1-4H3;/t13-,14-;/m1./s1. The lowest BCUT2D eigenvalue weighted by molar-refractivity contribution is -0.145. The molecule has 1 aromatic carbocycles. The van der Waals surface area contributed by atoms with Gasteiger partial charge >= 0.3 is 11.6 Å². The maximum atomic E-state index is 13.4. The summed E-state index contributed by atoms with van der Waals surface area (Å²) in [6, 6.07) is 7.25. The molecule has 1 amide bonds. The minimum atomic E-state index is -0.780. The maximum Gasteiger partial charge on any atom is 0.335 e. The van der Waals surface area contributed by atoms with Crippen LogP contribution in [-0.4, -0.2) is 37.7 Å². The first-order valence-corrected chi connectivity index (χ1v) is 7.47. The van der Waals surface area contributed by atoms with Crippen LogP contribution in [0.3, 0.4) is 0 Å². The second kappa shape index (κ2) is 7.60. The number of alkyl halides is 1. The van der Waals surface area contributed by atoms with Gasteiger partial charge in [-0.25, -0.2) is 4.39 Å². The van der Waals surface area contributed by atoms with Crippen molar-refractivity contribution in [3.63, 3.8) is 0 Å². The Hall–Kier alpha value is -1.60. The zero-order valence-corrected chi connectivity index (χ0v) is 13.9. The molecule has 0 unspecified atom stereocenters. The molecular weight excluding hydrogens is 309 g/mol. The first-order chi connectivity index (χ1) is 10.3. The Balaban J connectivity index is 0.000000745. The second-order valence-corrected chi connectivity index (χ2v) is 5.71. The van der Waals surface area contributed by atoms with E-state index in [9.17, 15) is 9.18 Å². The van der Waals surface area contributed by atoms with Crippen LogP contribution in [0.2, 0.25) is 0 Å². The van der Waals surface area contributed by atoms with Crippen LogP contribution in [0.4, 0.5) is 4.39 Å². The Morgan fingerprint density at radius 2 is 1.82 bits per heavy atom. The SMILES string of the molecule is CC(=O)N1[C@H](CF)[C@@H](c2ccc(C)cc2)OC1(C)C.O=S=O. The number of hydrogen-bond donors (Lipinski definition) is 0. The summed E-state index contributed by atoms with van der Waals surface area (Å²) in [6.07, 6.45) is -0.413. The van der Waals surface area contributed by atoms with E-state index in [4.69, 9.17) is 13.2 Å². The Bertz CT molecular complexity index is 555. The van der Waals surface area contributed by atoms with Gasteiger partial charge in [0, 0.05) is 6.92 Å². The summed E-state index contributed by atoms with van der Waals surface area (Å²) >= 11 is -0.750. The summed E-state index contributed by atoms with van der Waals surface area (Å²) in [5.74, 6) is -0.165. The van der Waals surface area contributed by atoms with E-state index in [0.29, 0.717) is 0 Å². The van der Waals surface area contributed by atoms with E-state index < -0.39 is 36.1 Å². The van der Waals surface area contributed by atoms with Crippen molar-refractivity contribution in [3.8, 4) is 0 Å². The first-order valence-electron chi connectivity index (χ1n) is 6.80. The van der Waals surface area contributed by atoms with Crippen molar-refractivity contribution in [3.05, 3.63) is 35.4 Å². The summed E-state index contributed by atoms with van der Waals surface area (Å²) in [5, 5.41) is 0. The van der Waals surface area contributed by atoms with E-state index in [2.05, 4.69) is 0 Å². The Morgan fingerprint density at radius 1 is 1.32 bits per heavy atom. The van der Waals surface area contributed by atoms with E-state index in [1.807, 2.05) is 31.2 Å². The van der Waals surface area contributed by atoms with Gasteiger partial charge in [-0.1, -0.05) is 29.8 Å². The molecule has 5 nitrogen and oxygen atoms in total. The highest BCUT2D eigenvalue weighted by molar-refractivity contribution is 7.51. The highest BCUT2D eigenvalue weighted by Crippen LogP contribution is 2.41. The predicted octanol–water partition coefficient (Wildman–Crippen LogP) is 2.32. The van der Waals surface area contributed by atoms with E-state index in [-0.39, 0.29) is 5.91 Å². The molecule has 1 aliphatic heterocycles. The molecule has 2 rings (SSSR count). The Kier molecular flexibility index (Phi) is 6.37. The topological polar surface area (TPSA) is 63.7 Å². The lowest BCUT2D eigenvalue weighted by atomic mass is 10.0. The van der Waals surface area contributed by atoms with Crippen LogP contribution >= 0.6 is 0 Å². The zero-order valence-electron chi connectivity index (χ0n) is 13.0. The number of halogens is 1. The third-order valence-electron chi connectivity index (χ3n) is 3.58. The molecule has 7 heteroatoms. The molecule has 0 N–H and O–H groups in total. The van der Waals surface area contributed by atoms with Crippen molar-refractivity contribution in [1.29, 1.82) is 0 Å². The summed E-state index contributed by atoms with van der Waals surface area (Å²) in [6.45, 7) is 6.43. The van der Waals surface area contributed by atoms with Crippen LogP contribution in [0, 0.1) is 6.92 Å². The van der Waals surface area contributed by atoms with Crippen molar-refractivity contribution >= 4 is 17.5 Å². The van der Waals surface area contributed by atoms with Gasteiger partial charge in [-0.2, -0.15) is 8.42 Å². The first kappa shape index (κ1) is 18.4. The average Bonchev–Trinajstić information content (AvgIpc) is 2.71. The minimum absolute atomic E-state index is 0.165. The number of carbonyl (C=O) groups excluding carboxylic acids is 1. The fourth-order valence-electron chi connectivity index (χ4n) is 2.79. The van der Waals surface area contributed by atoms with Crippen LogP contribution < -0.4 is 0 Å². The van der Waals surface area contributed by atoms with E-state index in [0.717, 1.165) is 11.1 Å². The number of rotatable bonds is 2. The number of benzene rings is 1. The molecule has 1 aliphatic rings. The van der Waals surface area contributed by atoms with Crippen molar-refractivity contribution in [2.24, 2.45) is 0 Å². The molecule has 2 atom stereocenters. The third-order valence-corrected chi connectivity index (χ3v) is 3.58. The molecule has 1 fully saturated rings. The lowest BCUT2D eigenvalue weighted by Gasteiger charge is -2.31. The quantitative estimate of drug-likeness (QED) is 0.835. The molecule has 1 saturated heterocycles. The van der Waals surface area contributed by atoms with Gasteiger partial charge in [-0.15, -0.1) is 0 Å². The number of aryl methyl sites for hydroxylation is 1. The minimum Gasteiger partial charge on any atom is -0.346 e. The molecule has 0 spiro atoms. The number of hydrogen-bond acceptors (Lipinski definition) is 4. The summed E-state index contributed by atoms with van der Waals surface area (Å²) < 4.78 is 35.9. The third kappa shape index (κ3) is 3.98.